The third-order valence-electron chi connectivity index (χ3n) is 0.813. The summed E-state index contributed by atoms with van der Waals surface area (Å²) in [6.45, 7) is 6.29. The fourth-order valence-electron chi connectivity index (χ4n) is 0.602. The number of allylic oxidation sites excluding steroid dienone is 2. The van der Waals surface area contributed by atoms with E-state index in [-0.39, 0.29) is 0 Å². The summed E-state index contributed by atoms with van der Waals surface area (Å²) in [5.41, 5.74) is 1.36. The lowest BCUT2D eigenvalue weighted by Crippen LogP contribution is -1.79. The molecule has 9 heavy (non-hydrogen) atoms. The van der Waals surface area contributed by atoms with Gasteiger partial charge in [-0.25, -0.2) is 0 Å². The standard InChI is InChI=1S/C7H13NS/c1-6(2)4-7(3)9-5-8/h4-6,8H,1-3H3/b7-4-,8-5?. The van der Waals surface area contributed by atoms with Crippen LogP contribution in [0.4, 0.5) is 0 Å². The van der Waals surface area contributed by atoms with Crippen LogP contribution in [0.5, 0.6) is 0 Å². The highest BCUT2D eigenvalue weighted by Crippen LogP contribution is 2.13. The fourth-order valence-corrected chi connectivity index (χ4v) is 1.14. The predicted octanol–water partition coefficient (Wildman–Crippen LogP) is 2.89. The van der Waals surface area contributed by atoms with Gasteiger partial charge >= 0.3 is 0 Å². The summed E-state index contributed by atoms with van der Waals surface area (Å²) in [7, 11) is 0. The van der Waals surface area contributed by atoms with Crippen molar-refractivity contribution in [1.82, 2.24) is 0 Å². The molecular weight excluding hydrogens is 130 g/mol. The van der Waals surface area contributed by atoms with Crippen LogP contribution in [0.15, 0.2) is 11.0 Å². The normalized spacial score (nSPS) is 12.2. The monoisotopic (exact) mass is 143 g/mol. The molecule has 0 aromatic heterocycles. The van der Waals surface area contributed by atoms with Crippen LogP contribution in [0, 0.1) is 11.3 Å². The van der Waals surface area contributed by atoms with Crippen LogP contribution in [0.1, 0.15) is 20.8 Å². The summed E-state index contributed by atoms with van der Waals surface area (Å²) in [4.78, 5) is 1.21. The molecule has 1 N–H and O–H groups in total. The Labute approximate surface area is 61.0 Å². The zero-order valence-electron chi connectivity index (χ0n) is 6.14. The van der Waals surface area contributed by atoms with Crippen molar-refractivity contribution < 1.29 is 0 Å². The Kier molecular flexibility index (Phi) is 4.50. The molecule has 0 heterocycles. The van der Waals surface area contributed by atoms with E-state index in [1.807, 2.05) is 6.92 Å². The summed E-state index contributed by atoms with van der Waals surface area (Å²) >= 11 is 1.46. The van der Waals surface area contributed by atoms with Gasteiger partial charge in [0.05, 0.1) is 5.55 Å². The maximum absolute atomic E-state index is 6.77. The highest BCUT2D eigenvalue weighted by Gasteiger charge is 1.88. The SMILES string of the molecule is C/C(=C/C(C)C)SC=N. The third-order valence-corrected chi connectivity index (χ3v) is 1.44. The second-order valence-electron chi connectivity index (χ2n) is 2.26. The van der Waals surface area contributed by atoms with Crippen molar-refractivity contribution in [1.29, 1.82) is 5.41 Å². The van der Waals surface area contributed by atoms with Crippen molar-refractivity contribution in [2.75, 3.05) is 0 Å². The molecule has 0 fully saturated rings. The Morgan fingerprint density at radius 1 is 1.56 bits per heavy atom. The maximum Gasteiger partial charge on any atom is 0.0551 e. The zero-order valence-corrected chi connectivity index (χ0v) is 6.96. The van der Waals surface area contributed by atoms with Gasteiger partial charge in [0.15, 0.2) is 0 Å². The van der Waals surface area contributed by atoms with Gasteiger partial charge in [0, 0.05) is 0 Å². The largest absolute Gasteiger partial charge is 0.302 e. The van der Waals surface area contributed by atoms with Gasteiger partial charge in [-0.2, -0.15) is 0 Å². The zero-order chi connectivity index (χ0) is 7.28. The molecule has 0 bridgehead atoms. The number of rotatable bonds is 3. The van der Waals surface area contributed by atoms with Crippen molar-refractivity contribution in [2.45, 2.75) is 20.8 Å². The Hall–Kier alpha value is -0.240. The first-order valence-corrected chi connectivity index (χ1v) is 3.88. The molecule has 0 aromatic rings. The first kappa shape index (κ1) is 8.76. The van der Waals surface area contributed by atoms with Gasteiger partial charge in [0.2, 0.25) is 0 Å². The molecule has 1 nitrogen and oxygen atoms in total. The Balaban J connectivity index is 3.68. The minimum atomic E-state index is 0.595. The molecule has 0 rings (SSSR count). The summed E-state index contributed by atoms with van der Waals surface area (Å²) < 4.78 is 0. The van der Waals surface area contributed by atoms with Crippen LogP contribution in [0.3, 0.4) is 0 Å². The lowest BCUT2D eigenvalue weighted by atomic mass is 10.2. The fraction of sp³-hybridized carbons (Fsp3) is 0.571. The summed E-state index contributed by atoms with van der Waals surface area (Å²) in [5, 5.41) is 6.77. The first-order chi connectivity index (χ1) is 4.16. The molecule has 0 saturated heterocycles. The van der Waals surface area contributed by atoms with Crippen LogP contribution in [-0.4, -0.2) is 5.55 Å². The van der Waals surface area contributed by atoms with Crippen molar-refractivity contribution in [3.8, 4) is 0 Å². The van der Waals surface area contributed by atoms with Crippen molar-refractivity contribution in [3.05, 3.63) is 11.0 Å². The Morgan fingerprint density at radius 3 is 2.44 bits per heavy atom. The Bertz CT molecular complexity index is 116. The molecule has 0 aliphatic rings. The molecule has 0 unspecified atom stereocenters. The second kappa shape index (κ2) is 4.62. The quantitative estimate of drug-likeness (QED) is 0.476. The van der Waals surface area contributed by atoms with Gasteiger partial charge in [-0.1, -0.05) is 31.7 Å². The molecular formula is C7H13NS. The average molecular weight is 143 g/mol. The van der Waals surface area contributed by atoms with Gasteiger partial charge < -0.3 is 5.41 Å². The van der Waals surface area contributed by atoms with Gasteiger partial charge in [-0.05, 0) is 17.7 Å². The Morgan fingerprint density at radius 2 is 2.11 bits per heavy atom. The molecule has 0 aliphatic carbocycles. The van der Waals surface area contributed by atoms with E-state index in [9.17, 15) is 0 Å². The van der Waals surface area contributed by atoms with E-state index >= 15 is 0 Å². The van der Waals surface area contributed by atoms with Crippen molar-refractivity contribution in [3.63, 3.8) is 0 Å². The topological polar surface area (TPSA) is 23.9 Å². The van der Waals surface area contributed by atoms with Crippen molar-refractivity contribution in [2.24, 2.45) is 5.92 Å². The average Bonchev–Trinajstić information content (AvgIpc) is 1.63. The second-order valence-corrected chi connectivity index (χ2v) is 3.37. The third kappa shape index (κ3) is 5.63. The van der Waals surface area contributed by atoms with Crippen LogP contribution in [0.25, 0.3) is 0 Å². The maximum atomic E-state index is 6.77. The van der Waals surface area contributed by atoms with E-state index in [2.05, 4.69) is 19.9 Å². The van der Waals surface area contributed by atoms with Gasteiger partial charge in [0.1, 0.15) is 0 Å². The minimum absolute atomic E-state index is 0.595. The van der Waals surface area contributed by atoms with E-state index in [0.29, 0.717) is 5.92 Å². The van der Waals surface area contributed by atoms with Crippen molar-refractivity contribution >= 4 is 17.3 Å². The van der Waals surface area contributed by atoms with Crippen LogP contribution in [-0.2, 0) is 0 Å². The molecule has 0 aliphatic heterocycles. The molecule has 2 heteroatoms. The summed E-state index contributed by atoms with van der Waals surface area (Å²) in [6, 6.07) is 0. The van der Waals surface area contributed by atoms with E-state index < -0.39 is 0 Å². The molecule has 0 saturated carbocycles. The van der Waals surface area contributed by atoms with Gasteiger partial charge in [-0.15, -0.1) is 0 Å². The van der Waals surface area contributed by atoms with Crippen LogP contribution in [0.2, 0.25) is 0 Å². The molecule has 0 amide bonds. The van der Waals surface area contributed by atoms with E-state index in [0.717, 1.165) is 0 Å². The highest BCUT2D eigenvalue weighted by atomic mass is 32.2. The smallest absolute Gasteiger partial charge is 0.0551 e. The predicted molar refractivity (Wildman–Crippen MR) is 45.0 cm³/mol. The van der Waals surface area contributed by atoms with Gasteiger partial charge in [-0.3, -0.25) is 0 Å². The lowest BCUT2D eigenvalue weighted by molar-refractivity contribution is 0.828. The highest BCUT2D eigenvalue weighted by molar-refractivity contribution is 8.15. The molecule has 0 aromatic carbocycles. The molecule has 52 valence electrons. The lowest BCUT2D eigenvalue weighted by Gasteiger charge is -1.96. The van der Waals surface area contributed by atoms with E-state index in [1.165, 1.54) is 22.2 Å². The first-order valence-electron chi connectivity index (χ1n) is 3.01. The molecule has 0 atom stereocenters. The summed E-state index contributed by atoms with van der Waals surface area (Å²) in [6.07, 6.45) is 2.15. The van der Waals surface area contributed by atoms with Crippen LogP contribution >= 0.6 is 11.8 Å². The van der Waals surface area contributed by atoms with Gasteiger partial charge in [0.25, 0.3) is 0 Å². The number of nitrogens with one attached hydrogen (secondary N) is 1. The van der Waals surface area contributed by atoms with E-state index in [4.69, 9.17) is 5.41 Å². The summed E-state index contributed by atoms with van der Waals surface area (Å²) in [5.74, 6) is 0.595. The number of hydrogen-bond donors (Lipinski definition) is 1. The van der Waals surface area contributed by atoms with E-state index in [1.54, 1.807) is 0 Å². The molecule has 0 spiro atoms. The van der Waals surface area contributed by atoms with Crippen LogP contribution < -0.4 is 0 Å². The number of hydrogen-bond acceptors (Lipinski definition) is 2. The molecule has 0 radical (unpaired) electrons. The minimum Gasteiger partial charge on any atom is -0.302 e. The number of thioether (sulfide) groups is 1.